The minimum Gasteiger partial charge on any atom is -0.462 e. The van der Waals surface area contributed by atoms with Crippen molar-refractivity contribution in [3.8, 4) is 5.75 Å². The molecule has 2 rings (SSSR count). The summed E-state index contributed by atoms with van der Waals surface area (Å²) >= 11 is 4.74. The largest absolute Gasteiger partial charge is 0.462 e. The second-order valence-electron chi connectivity index (χ2n) is 5.25. The maximum Gasteiger partial charge on any atom is 0.340 e. The molecule has 2 aromatic rings. The van der Waals surface area contributed by atoms with Crippen LogP contribution in [0.25, 0.3) is 10.9 Å². The number of carbonyl (C=O) groups is 2. The summed E-state index contributed by atoms with van der Waals surface area (Å²) in [5, 5.41) is 1.11. The average Bonchev–Trinajstić information content (AvgIpc) is 2.77. The Morgan fingerprint density at radius 2 is 2.08 bits per heavy atom. The lowest BCUT2D eigenvalue weighted by molar-refractivity contribution is -0.131. The van der Waals surface area contributed by atoms with Crippen LogP contribution in [-0.2, 0) is 22.3 Å². The predicted octanol–water partition coefficient (Wildman–Crippen LogP) is 3.71. The molecule has 1 aromatic carbocycles. The van der Waals surface area contributed by atoms with Crippen LogP contribution in [-0.4, -0.2) is 23.1 Å². The first kappa shape index (κ1) is 19.4. The van der Waals surface area contributed by atoms with Gasteiger partial charge in [0, 0.05) is 30.8 Å². The van der Waals surface area contributed by atoms with Gasteiger partial charge in [0.1, 0.15) is 5.75 Å². The summed E-state index contributed by atoms with van der Waals surface area (Å²) in [7, 11) is 1.86. The monoisotopic (exact) mass is 426 g/mol. The molecule has 0 fully saturated rings. The maximum atomic E-state index is 12.5. The Balaban J connectivity index is 2.70. The Morgan fingerprint density at radius 3 is 2.64 bits per heavy atom. The number of fused-ring (bicyclic) bond motifs is 1. The van der Waals surface area contributed by atoms with Crippen molar-refractivity contribution < 1.29 is 19.1 Å². The number of thioether (sulfide) groups is 1. The zero-order valence-electron chi connectivity index (χ0n) is 14.2. The number of nitrogens with zero attached hydrogens (tertiary/aromatic N) is 1. The van der Waals surface area contributed by atoms with E-state index in [1.807, 2.05) is 17.7 Å². The first-order valence-corrected chi connectivity index (χ1v) is 9.27. The number of benzene rings is 1. The fraction of sp³-hybridized carbons (Fsp3) is 0.294. The molecule has 0 amide bonds. The minimum absolute atomic E-state index is 0.263. The molecule has 0 aliphatic carbocycles. The van der Waals surface area contributed by atoms with Gasteiger partial charge < -0.3 is 19.8 Å². The first-order valence-electron chi connectivity index (χ1n) is 7.49. The van der Waals surface area contributed by atoms with Crippen LogP contribution in [0.15, 0.2) is 28.2 Å². The number of aromatic nitrogens is 1. The molecule has 25 heavy (non-hydrogen) atoms. The van der Waals surface area contributed by atoms with Crippen LogP contribution in [0.1, 0.15) is 29.9 Å². The SMILES string of the molecule is C=C(N)SCc1c(C(=O)OCC)c2cc(OC(C)=O)c(Br)cc2n1C. The van der Waals surface area contributed by atoms with Crippen molar-refractivity contribution in [3.05, 3.63) is 39.5 Å². The van der Waals surface area contributed by atoms with Gasteiger partial charge in [0.2, 0.25) is 0 Å². The summed E-state index contributed by atoms with van der Waals surface area (Å²) in [6, 6.07) is 3.47. The van der Waals surface area contributed by atoms with Gasteiger partial charge in [0.05, 0.1) is 27.2 Å². The van der Waals surface area contributed by atoms with Crippen LogP contribution >= 0.6 is 27.7 Å². The number of ether oxygens (including phenoxy) is 2. The number of rotatable bonds is 6. The third-order valence-electron chi connectivity index (χ3n) is 3.50. The van der Waals surface area contributed by atoms with E-state index in [0.29, 0.717) is 32.0 Å². The van der Waals surface area contributed by atoms with Crippen molar-refractivity contribution in [3.63, 3.8) is 0 Å². The molecule has 0 saturated carbocycles. The maximum absolute atomic E-state index is 12.5. The number of aryl methyl sites for hydroxylation is 1. The lowest BCUT2D eigenvalue weighted by Crippen LogP contribution is -2.08. The molecule has 0 spiro atoms. The van der Waals surface area contributed by atoms with Crippen molar-refractivity contribution in [2.75, 3.05) is 6.61 Å². The van der Waals surface area contributed by atoms with Gasteiger partial charge in [-0.15, -0.1) is 11.8 Å². The molecule has 0 bridgehead atoms. The normalized spacial score (nSPS) is 10.7. The quantitative estimate of drug-likeness (QED) is 0.559. The number of halogens is 1. The van der Waals surface area contributed by atoms with E-state index in [9.17, 15) is 9.59 Å². The summed E-state index contributed by atoms with van der Waals surface area (Å²) in [6.07, 6.45) is 0. The van der Waals surface area contributed by atoms with E-state index in [-0.39, 0.29) is 6.61 Å². The molecule has 1 aromatic heterocycles. The fourth-order valence-corrected chi connectivity index (χ4v) is 3.56. The van der Waals surface area contributed by atoms with E-state index in [0.717, 1.165) is 11.2 Å². The average molecular weight is 427 g/mol. The lowest BCUT2D eigenvalue weighted by atomic mass is 10.1. The van der Waals surface area contributed by atoms with Gasteiger partial charge in [-0.1, -0.05) is 6.58 Å². The van der Waals surface area contributed by atoms with Crippen molar-refractivity contribution >= 4 is 50.5 Å². The first-order chi connectivity index (χ1) is 11.8. The zero-order chi connectivity index (χ0) is 18.7. The Bertz CT molecular complexity index is 860. The van der Waals surface area contributed by atoms with Gasteiger partial charge in [-0.2, -0.15) is 0 Å². The third kappa shape index (κ3) is 4.19. The van der Waals surface area contributed by atoms with Gasteiger partial charge in [-0.05, 0) is 35.0 Å². The highest BCUT2D eigenvalue weighted by atomic mass is 79.9. The number of carbonyl (C=O) groups excluding carboxylic acids is 2. The van der Waals surface area contributed by atoms with Crippen LogP contribution in [0.5, 0.6) is 5.75 Å². The molecule has 134 valence electrons. The molecular weight excluding hydrogens is 408 g/mol. The molecule has 0 aliphatic heterocycles. The molecule has 0 saturated heterocycles. The van der Waals surface area contributed by atoms with Crippen LogP contribution in [0.4, 0.5) is 0 Å². The smallest absolute Gasteiger partial charge is 0.340 e. The highest BCUT2D eigenvalue weighted by molar-refractivity contribution is 9.10. The molecule has 1 heterocycles. The molecule has 6 nitrogen and oxygen atoms in total. The van der Waals surface area contributed by atoms with Gasteiger partial charge in [0.25, 0.3) is 0 Å². The summed E-state index contributed by atoms with van der Waals surface area (Å²) in [5.41, 5.74) is 7.66. The summed E-state index contributed by atoms with van der Waals surface area (Å²) in [4.78, 5) is 23.8. The van der Waals surface area contributed by atoms with E-state index in [4.69, 9.17) is 15.2 Å². The Kier molecular flexibility index (Phi) is 6.18. The minimum atomic E-state index is -0.441. The van der Waals surface area contributed by atoms with Crippen molar-refractivity contribution in [1.29, 1.82) is 0 Å². The second-order valence-corrected chi connectivity index (χ2v) is 7.21. The number of hydrogen-bond acceptors (Lipinski definition) is 6. The van der Waals surface area contributed by atoms with E-state index in [1.54, 1.807) is 13.0 Å². The van der Waals surface area contributed by atoms with Crippen LogP contribution < -0.4 is 10.5 Å². The molecular formula is C17H19BrN2O4S. The zero-order valence-corrected chi connectivity index (χ0v) is 16.6. The van der Waals surface area contributed by atoms with Crippen LogP contribution in [0.2, 0.25) is 0 Å². The van der Waals surface area contributed by atoms with E-state index in [1.165, 1.54) is 18.7 Å². The van der Waals surface area contributed by atoms with Gasteiger partial charge in [0.15, 0.2) is 0 Å². The number of hydrogen-bond donors (Lipinski definition) is 1. The summed E-state index contributed by atoms with van der Waals surface area (Å²) in [6.45, 7) is 7.01. The molecule has 8 heteroatoms. The topological polar surface area (TPSA) is 83.6 Å². The van der Waals surface area contributed by atoms with Gasteiger partial charge in [-0.3, -0.25) is 4.79 Å². The lowest BCUT2D eigenvalue weighted by Gasteiger charge is -2.07. The van der Waals surface area contributed by atoms with E-state index in [2.05, 4.69) is 22.5 Å². The number of esters is 2. The predicted molar refractivity (Wildman–Crippen MR) is 103 cm³/mol. The van der Waals surface area contributed by atoms with Crippen molar-refractivity contribution in [2.45, 2.75) is 19.6 Å². The highest BCUT2D eigenvalue weighted by Gasteiger charge is 2.24. The fourth-order valence-electron chi connectivity index (χ4n) is 2.48. The van der Waals surface area contributed by atoms with Gasteiger partial charge in [-0.25, -0.2) is 4.79 Å². The van der Waals surface area contributed by atoms with Gasteiger partial charge >= 0.3 is 11.9 Å². The van der Waals surface area contributed by atoms with Crippen molar-refractivity contribution in [1.82, 2.24) is 4.57 Å². The summed E-state index contributed by atoms with van der Waals surface area (Å²) < 4.78 is 12.9. The molecule has 0 aliphatic rings. The molecule has 0 atom stereocenters. The Labute approximate surface area is 158 Å². The van der Waals surface area contributed by atoms with E-state index >= 15 is 0 Å². The third-order valence-corrected chi connectivity index (χ3v) is 4.91. The summed E-state index contributed by atoms with van der Waals surface area (Å²) in [5.74, 6) is -0.0558. The molecule has 0 unspecified atom stereocenters. The molecule has 2 N–H and O–H groups in total. The van der Waals surface area contributed by atoms with Crippen LogP contribution in [0, 0.1) is 0 Å². The van der Waals surface area contributed by atoms with E-state index < -0.39 is 11.9 Å². The Hall–Kier alpha value is -1.93. The second kappa shape index (κ2) is 7.97. The Morgan fingerprint density at radius 1 is 1.40 bits per heavy atom. The number of nitrogens with two attached hydrogens (primary N) is 1. The standard InChI is InChI=1S/C17H19BrN2O4S/c1-5-23-17(22)16-11-6-15(24-10(3)21)12(18)7-13(11)20(4)14(16)8-25-9(2)19/h6-7H,2,5,8,19H2,1,3-4H3. The highest BCUT2D eigenvalue weighted by Crippen LogP contribution is 2.36. The van der Waals surface area contributed by atoms with Crippen LogP contribution in [0.3, 0.4) is 0 Å². The molecule has 0 radical (unpaired) electrons. The van der Waals surface area contributed by atoms with Crippen molar-refractivity contribution in [2.24, 2.45) is 12.8 Å².